The number of hydrogen-bond acceptors (Lipinski definition) is 4. The van der Waals surface area contributed by atoms with E-state index in [9.17, 15) is 9.59 Å². The number of aromatic nitrogens is 3. The lowest BCUT2D eigenvalue weighted by Crippen LogP contribution is -2.39. The topological polar surface area (TPSA) is 68.9 Å². The highest BCUT2D eigenvalue weighted by atomic mass is 16.2. The van der Waals surface area contributed by atoms with E-state index in [0.717, 1.165) is 12.1 Å². The summed E-state index contributed by atoms with van der Waals surface area (Å²) < 4.78 is 2.73. The van der Waals surface area contributed by atoms with Gasteiger partial charge in [0.2, 0.25) is 0 Å². The predicted octanol–water partition coefficient (Wildman–Crippen LogP) is 0.905. The summed E-state index contributed by atoms with van der Waals surface area (Å²) in [6.45, 7) is 5.31. The second-order valence-electron chi connectivity index (χ2n) is 4.35. The van der Waals surface area contributed by atoms with Gasteiger partial charge in [0.15, 0.2) is 0 Å². The van der Waals surface area contributed by atoms with E-state index in [-0.39, 0.29) is 17.8 Å². The third kappa shape index (κ3) is 2.79. The molecule has 1 N–H and O–H groups in total. The Morgan fingerprint density at radius 2 is 2.05 bits per heavy atom. The lowest BCUT2D eigenvalue weighted by atomic mass is 10.2. The molecule has 0 aliphatic heterocycles. The van der Waals surface area contributed by atoms with E-state index < -0.39 is 0 Å². The number of anilines is 1. The van der Waals surface area contributed by atoms with Crippen LogP contribution in [0, 0.1) is 0 Å². The normalized spacial score (nSPS) is 10.5. The number of nitrogens with zero attached hydrogens (tertiary/aromatic N) is 3. The maximum absolute atomic E-state index is 12.2. The first-order valence-corrected chi connectivity index (χ1v) is 6.65. The standard InChI is InChI=1S/C14H18N4O2/c1-3-15-13-11(6-5-8-16-13)10-18-12(19)7-9-17(4-2)14(18)20/h5-9H,3-4,10H2,1-2H3,(H,15,16). The first kappa shape index (κ1) is 14.0. The summed E-state index contributed by atoms with van der Waals surface area (Å²) in [7, 11) is 0. The fourth-order valence-electron chi connectivity index (χ4n) is 2.01. The monoisotopic (exact) mass is 274 g/mol. The summed E-state index contributed by atoms with van der Waals surface area (Å²) in [5, 5.41) is 3.13. The Hall–Kier alpha value is -2.37. The molecule has 0 spiro atoms. The zero-order chi connectivity index (χ0) is 14.5. The molecule has 2 rings (SSSR count). The highest BCUT2D eigenvalue weighted by Gasteiger charge is 2.08. The molecule has 0 saturated carbocycles. The van der Waals surface area contributed by atoms with Gasteiger partial charge in [-0.25, -0.2) is 9.78 Å². The van der Waals surface area contributed by atoms with Crippen LogP contribution in [0.4, 0.5) is 5.82 Å². The minimum Gasteiger partial charge on any atom is -0.370 e. The summed E-state index contributed by atoms with van der Waals surface area (Å²) in [6.07, 6.45) is 3.20. The third-order valence-corrected chi connectivity index (χ3v) is 3.04. The van der Waals surface area contributed by atoms with Crippen LogP contribution in [0.1, 0.15) is 19.4 Å². The molecule has 0 aliphatic rings. The van der Waals surface area contributed by atoms with Crippen LogP contribution in [-0.2, 0) is 13.1 Å². The van der Waals surface area contributed by atoms with Gasteiger partial charge in [-0.1, -0.05) is 6.07 Å². The van der Waals surface area contributed by atoms with E-state index in [1.54, 1.807) is 12.3 Å². The molecule has 0 bridgehead atoms. The molecular formula is C14H18N4O2. The van der Waals surface area contributed by atoms with Crippen molar-refractivity contribution in [1.82, 2.24) is 14.1 Å². The van der Waals surface area contributed by atoms with Gasteiger partial charge >= 0.3 is 5.69 Å². The molecular weight excluding hydrogens is 256 g/mol. The molecule has 20 heavy (non-hydrogen) atoms. The zero-order valence-corrected chi connectivity index (χ0v) is 11.7. The maximum atomic E-state index is 12.2. The Morgan fingerprint density at radius 1 is 1.25 bits per heavy atom. The van der Waals surface area contributed by atoms with Crippen molar-refractivity contribution in [1.29, 1.82) is 0 Å². The molecule has 0 saturated heterocycles. The Morgan fingerprint density at radius 3 is 2.75 bits per heavy atom. The average molecular weight is 274 g/mol. The van der Waals surface area contributed by atoms with Crippen molar-refractivity contribution in [2.24, 2.45) is 0 Å². The predicted molar refractivity (Wildman–Crippen MR) is 78.1 cm³/mol. The summed E-state index contributed by atoms with van der Waals surface area (Å²) >= 11 is 0. The van der Waals surface area contributed by atoms with Crippen molar-refractivity contribution >= 4 is 5.82 Å². The maximum Gasteiger partial charge on any atom is 0.331 e. The minimum atomic E-state index is -0.300. The molecule has 0 fully saturated rings. The number of nitrogens with one attached hydrogen (secondary N) is 1. The van der Waals surface area contributed by atoms with Gasteiger partial charge in [-0.15, -0.1) is 0 Å². The van der Waals surface area contributed by atoms with Crippen LogP contribution >= 0.6 is 0 Å². The second-order valence-corrected chi connectivity index (χ2v) is 4.35. The van der Waals surface area contributed by atoms with E-state index in [0.29, 0.717) is 12.4 Å². The van der Waals surface area contributed by atoms with Gasteiger partial charge in [-0.2, -0.15) is 0 Å². The smallest absolute Gasteiger partial charge is 0.331 e. The van der Waals surface area contributed by atoms with Gasteiger partial charge in [0.1, 0.15) is 5.82 Å². The number of pyridine rings is 1. The molecule has 0 aliphatic carbocycles. The van der Waals surface area contributed by atoms with Gasteiger partial charge < -0.3 is 9.88 Å². The van der Waals surface area contributed by atoms with Crippen molar-refractivity contribution in [3.05, 3.63) is 57.0 Å². The first-order valence-electron chi connectivity index (χ1n) is 6.65. The second kappa shape index (κ2) is 6.18. The van der Waals surface area contributed by atoms with Gasteiger partial charge in [0.05, 0.1) is 6.54 Å². The van der Waals surface area contributed by atoms with E-state index in [4.69, 9.17) is 0 Å². The van der Waals surface area contributed by atoms with E-state index >= 15 is 0 Å². The number of rotatable bonds is 5. The highest BCUT2D eigenvalue weighted by molar-refractivity contribution is 5.43. The summed E-state index contributed by atoms with van der Waals surface area (Å²) in [5.74, 6) is 0.702. The van der Waals surface area contributed by atoms with Crippen LogP contribution in [-0.4, -0.2) is 20.7 Å². The Balaban J connectivity index is 2.45. The van der Waals surface area contributed by atoms with Crippen LogP contribution in [0.3, 0.4) is 0 Å². The van der Waals surface area contributed by atoms with Gasteiger partial charge in [-0.05, 0) is 19.9 Å². The Kier molecular flexibility index (Phi) is 4.34. The first-order chi connectivity index (χ1) is 9.67. The van der Waals surface area contributed by atoms with Crippen LogP contribution in [0.5, 0.6) is 0 Å². The molecule has 0 radical (unpaired) electrons. The van der Waals surface area contributed by atoms with E-state index in [1.165, 1.54) is 21.4 Å². The van der Waals surface area contributed by atoms with E-state index in [1.807, 2.05) is 19.9 Å². The Bertz CT molecular complexity index is 703. The SMILES string of the molecule is CCNc1ncccc1Cn1c(=O)ccn(CC)c1=O. The number of aryl methyl sites for hydroxylation is 1. The van der Waals surface area contributed by atoms with Crippen molar-refractivity contribution in [3.8, 4) is 0 Å². The molecule has 2 heterocycles. The molecule has 0 aromatic carbocycles. The van der Waals surface area contributed by atoms with Gasteiger partial charge in [-0.3, -0.25) is 9.36 Å². The zero-order valence-electron chi connectivity index (χ0n) is 11.7. The molecule has 0 atom stereocenters. The summed E-state index contributed by atoms with van der Waals surface area (Å²) in [5.41, 5.74) is 0.222. The van der Waals surface area contributed by atoms with E-state index in [2.05, 4.69) is 10.3 Å². The van der Waals surface area contributed by atoms with Crippen molar-refractivity contribution in [2.75, 3.05) is 11.9 Å². The van der Waals surface area contributed by atoms with Gasteiger partial charge in [0.25, 0.3) is 5.56 Å². The molecule has 2 aromatic rings. The number of hydrogen-bond donors (Lipinski definition) is 1. The van der Waals surface area contributed by atoms with Crippen LogP contribution in [0.15, 0.2) is 40.2 Å². The summed E-state index contributed by atoms with van der Waals surface area (Å²) in [6, 6.07) is 5.07. The molecule has 6 nitrogen and oxygen atoms in total. The van der Waals surface area contributed by atoms with Crippen molar-refractivity contribution in [2.45, 2.75) is 26.9 Å². The van der Waals surface area contributed by atoms with Crippen LogP contribution in [0.2, 0.25) is 0 Å². The fraction of sp³-hybridized carbons (Fsp3) is 0.357. The third-order valence-electron chi connectivity index (χ3n) is 3.04. The molecule has 0 amide bonds. The average Bonchev–Trinajstić information content (AvgIpc) is 2.45. The fourth-order valence-corrected chi connectivity index (χ4v) is 2.01. The van der Waals surface area contributed by atoms with Crippen LogP contribution < -0.4 is 16.6 Å². The molecule has 6 heteroatoms. The Labute approximate surface area is 116 Å². The highest BCUT2D eigenvalue weighted by Crippen LogP contribution is 2.11. The largest absolute Gasteiger partial charge is 0.370 e. The minimum absolute atomic E-state index is 0.217. The van der Waals surface area contributed by atoms with Crippen molar-refractivity contribution in [3.63, 3.8) is 0 Å². The van der Waals surface area contributed by atoms with Gasteiger partial charge in [0, 0.05) is 37.1 Å². The van der Waals surface area contributed by atoms with Crippen molar-refractivity contribution < 1.29 is 0 Å². The molecule has 106 valence electrons. The molecule has 2 aromatic heterocycles. The lowest BCUT2D eigenvalue weighted by Gasteiger charge is -2.11. The lowest BCUT2D eigenvalue weighted by molar-refractivity contribution is 0.599. The summed E-state index contributed by atoms with van der Waals surface area (Å²) in [4.78, 5) is 28.3. The quantitative estimate of drug-likeness (QED) is 0.879. The van der Waals surface area contributed by atoms with Crippen LogP contribution in [0.25, 0.3) is 0 Å². The molecule has 0 unspecified atom stereocenters.